The number of amides is 1. The van der Waals surface area contributed by atoms with Crippen LogP contribution >= 0.6 is 11.5 Å². The predicted molar refractivity (Wildman–Crippen MR) is 114 cm³/mol. The molecule has 1 amide bonds. The van der Waals surface area contributed by atoms with E-state index in [0.29, 0.717) is 12.3 Å². The Bertz CT molecular complexity index is 932. The molecule has 150 valence electrons. The van der Waals surface area contributed by atoms with Gasteiger partial charge in [-0.05, 0) is 24.6 Å². The quantitative estimate of drug-likeness (QED) is 0.627. The highest BCUT2D eigenvalue weighted by Gasteiger charge is 2.29. The van der Waals surface area contributed by atoms with Gasteiger partial charge < -0.3 is 14.5 Å². The van der Waals surface area contributed by atoms with Crippen molar-refractivity contribution >= 4 is 22.6 Å². The normalized spacial score (nSPS) is 16.7. The smallest absolute Gasteiger partial charge is 0.260 e. The van der Waals surface area contributed by atoms with Gasteiger partial charge in [0.2, 0.25) is 5.13 Å². The lowest BCUT2D eigenvalue weighted by atomic mass is 10.1. The molecule has 6 nitrogen and oxygen atoms in total. The number of carbonyl (C=O) groups is 1. The Morgan fingerprint density at radius 2 is 1.83 bits per heavy atom. The Balaban J connectivity index is 1.31. The van der Waals surface area contributed by atoms with Gasteiger partial charge in [-0.2, -0.15) is 4.37 Å². The second-order valence-corrected chi connectivity index (χ2v) is 7.87. The Kier molecular flexibility index (Phi) is 6.05. The summed E-state index contributed by atoms with van der Waals surface area (Å²) in [5.74, 6) is 1.58. The summed E-state index contributed by atoms with van der Waals surface area (Å²) in [6, 6.07) is 19.8. The molecule has 1 unspecified atom stereocenters. The molecule has 2 aromatic carbocycles. The maximum Gasteiger partial charge on any atom is 0.260 e. The molecule has 1 aliphatic rings. The molecule has 7 heteroatoms. The number of piperazine rings is 1. The van der Waals surface area contributed by atoms with Crippen LogP contribution < -0.4 is 9.64 Å². The first-order valence-electron chi connectivity index (χ1n) is 9.78. The Hall–Kier alpha value is -2.93. The molecule has 1 aromatic heterocycles. The van der Waals surface area contributed by atoms with Gasteiger partial charge in [0.05, 0.1) is 0 Å². The van der Waals surface area contributed by atoms with E-state index in [9.17, 15) is 4.79 Å². The predicted octanol–water partition coefficient (Wildman–Crippen LogP) is 3.25. The molecular formula is C22H24N4O2S. The van der Waals surface area contributed by atoms with Crippen LogP contribution in [0.5, 0.6) is 5.75 Å². The minimum absolute atomic E-state index is 0.0167. The number of ether oxygens (including phenoxy) is 1. The van der Waals surface area contributed by atoms with Crippen molar-refractivity contribution in [2.75, 3.05) is 31.1 Å². The van der Waals surface area contributed by atoms with Crippen molar-refractivity contribution in [1.82, 2.24) is 14.3 Å². The standard InChI is InChI=1S/C22H24N4O2S/c1-17-15-25(22-23-20(24-29-22)14-18-8-4-2-5-9-18)12-13-26(17)21(27)16-28-19-10-6-3-7-11-19/h2-11,17H,12-16H2,1H3. The highest BCUT2D eigenvalue weighted by Crippen LogP contribution is 2.22. The molecule has 3 aromatic rings. The van der Waals surface area contributed by atoms with Crippen molar-refractivity contribution in [2.45, 2.75) is 19.4 Å². The number of anilines is 1. The van der Waals surface area contributed by atoms with Gasteiger partial charge in [0.1, 0.15) is 11.6 Å². The fourth-order valence-corrected chi connectivity index (χ4v) is 4.19. The third-order valence-corrected chi connectivity index (χ3v) is 5.80. The van der Waals surface area contributed by atoms with Crippen molar-refractivity contribution in [3.8, 4) is 5.75 Å². The monoisotopic (exact) mass is 408 g/mol. The van der Waals surface area contributed by atoms with Crippen LogP contribution in [0.15, 0.2) is 60.7 Å². The van der Waals surface area contributed by atoms with Crippen molar-refractivity contribution in [2.24, 2.45) is 0 Å². The van der Waals surface area contributed by atoms with E-state index in [1.54, 1.807) is 0 Å². The lowest BCUT2D eigenvalue weighted by Gasteiger charge is -2.39. The number of rotatable bonds is 6. The molecule has 1 atom stereocenters. The van der Waals surface area contributed by atoms with Gasteiger partial charge in [-0.3, -0.25) is 4.79 Å². The summed E-state index contributed by atoms with van der Waals surface area (Å²) in [6.45, 7) is 4.29. The van der Waals surface area contributed by atoms with E-state index in [4.69, 9.17) is 9.72 Å². The number of benzene rings is 2. The van der Waals surface area contributed by atoms with Crippen LogP contribution in [-0.2, 0) is 11.2 Å². The van der Waals surface area contributed by atoms with Crippen molar-refractivity contribution in [3.63, 3.8) is 0 Å². The summed E-state index contributed by atoms with van der Waals surface area (Å²) in [5, 5.41) is 0.926. The van der Waals surface area contributed by atoms with Gasteiger partial charge >= 0.3 is 0 Å². The van der Waals surface area contributed by atoms with Gasteiger partial charge in [0, 0.05) is 43.6 Å². The molecular weight excluding hydrogens is 384 g/mol. The van der Waals surface area contributed by atoms with Gasteiger partial charge in [-0.25, -0.2) is 4.98 Å². The van der Waals surface area contributed by atoms with E-state index >= 15 is 0 Å². The zero-order chi connectivity index (χ0) is 20.1. The van der Waals surface area contributed by atoms with Gasteiger partial charge in [0.25, 0.3) is 5.91 Å². The molecule has 1 fully saturated rings. The Morgan fingerprint density at radius 1 is 1.10 bits per heavy atom. The molecule has 4 rings (SSSR count). The van der Waals surface area contributed by atoms with E-state index in [2.05, 4.69) is 28.3 Å². The Labute approximate surface area is 174 Å². The number of aromatic nitrogens is 2. The van der Waals surface area contributed by atoms with Crippen LogP contribution in [0, 0.1) is 0 Å². The van der Waals surface area contributed by atoms with E-state index in [0.717, 1.165) is 30.5 Å². The topological polar surface area (TPSA) is 58.6 Å². The second-order valence-electron chi connectivity index (χ2n) is 7.14. The SMILES string of the molecule is CC1CN(c2nc(Cc3ccccc3)ns2)CCN1C(=O)COc1ccccc1. The van der Waals surface area contributed by atoms with Gasteiger partial charge in [-0.1, -0.05) is 48.5 Å². The number of para-hydroxylation sites is 1. The molecule has 0 saturated carbocycles. The van der Waals surface area contributed by atoms with Crippen LogP contribution in [0.2, 0.25) is 0 Å². The summed E-state index contributed by atoms with van der Waals surface area (Å²) in [6.07, 6.45) is 0.738. The molecule has 1 saturated heterocycles. The van der Waals surface area contributed by atoms with E-state index in [1.165, 1.54) is 17.1 Å². The molecule has 0 radical (unpaired) electrons. The zero-order valence-corrected chi connectivity index (χ0v) is 17.2. The number of nitrogens with zero attached hydrogens (tertiary/aromatic N) is 4. The first kappa shape index (κ1) is 19.4. The summed E-state index contributed by atoms with van der Waals surface area (Å²) >= 11 is 1.43. The summed E-state index contributed by atoms with van der Waals surface area (Å²) in [4.78, 5) is 21.4. The molecule has 0 bridgehead atoms. The molecule has 0 spiro atoms. The largest absolute Gasteiger partial charge is 0.484 e. The maximum absolute atomic E-state index is 12.6. The van der Waals surface area contributed by atoms with Crippen LogP contribution in [0.1, 0.15) is 18.3 Å². The van der Waals surface area contributed by atoms with E-state index < -0.39 is 0 Å². The molecule has 1 aliphatic heterocycles. The van der Waals surface area contributed by atoms with Crippen molar-refractivity contribution in [3.05, 3.63) is 72.1 Å². The third kappa shape index (κ3) is 4.92. The van der Waals surface area contributed by atoms with E-state index in [-0.39, 0.29) is 18.6 Å². The fourth-order valence-electron chi connectivity index (χ4n) is 3.47. The summed E-state index contributed by atoms with van der Waals surface area (Å²) in [7, 11) is 0. The minimum Gasteiger partial charge on any atom is -0.484 e. The Morgan fingerprint density at radius 3 is 2.55 bits per heavy atom. The zero-order valence-electron chi connectivity index (χ0n) is 16.4. The molecule has 29 heavy (non-hydrogen) atoms. The van der Waals surface area contributed by atoms with Crippen molar-refractivity contribution < 1.29 is 9.53 Å². The lowest BCUT2D eigenvalue weighted by Crippen LogP contribution is -2.55. The third-order valence-electron chi connectivity index (χ3n) is 4.99. The number of hydrogen-bond donors (Lipinski definition) is 0. The molecule has 0 N–H and O–H groups in total. The minimum atomic E-state index is 0.0167. The summed E-state index contributed by atoms with van der Waals surface area (Å²) < 4.78 is 10.1. The van der Waals surface area contributed by atoms with Gasteiger partial charge in [-0.15, -0.1) is 0 Å². The highest BCUT2D eigenvalue weighted by molar-refractivity contribution is 7.09. The summed E-state index contributed by atoms with van der Waals surface area (Å²) in [5.41, 5.74) is 1.21. The fraction of sp³-hybridized carbons (Fsp3) is 0.318. The van der Waals surface area contributed by atoms with Crippen molar-refractivity contribution in [1.29, 1.82) is 0 Å². The van der Waals surface area contributed by atoms with Crippen LogP contribution in [0.4, 0.5) is 5.13 Å². The van der Waals surface area contributed by atoms with Crippen LogP contribution in [-0.4, -0.2) is 52.4 Å². The average molecular weight is 409 g/mol. The van der Waals surface area contributed by atoms with Crippen LogP contribution in [0.25, 0.3) is 0 Å². The molecule has 2 heterocycles. The second kappa shape index (κ2) is 9.05. The van der Waals surface area contributed by atoms with Gasteiger partial charge in [0.15, 0.2) is 6.61 Å². The maximum atomic E-state index is 12.6. The van der Waals surface area contributed by atoms with E-state index in [1.807, 2.05) is 53.4 Å². The lowest BCUT2D eigenvalue weighted by molar-refractivity contribution is -0.135. The number of carbonyl (C=O) groups excluding carboxylic acids is 1. The average Bonchev–Trinajstić information content (AvgIpc) is 3.22. The highest BCUT2D eigenvalue weighted by atomic mass is 32.1. The first-order chi connectivity index (χ1) is 14.2. The van der Waals surface area contributed by atoms with Crippen LogP contribution in [0.3, 0.4) is 0 Å². The number of hydrogen-bond acceptors (Lipinski definition) is 6. The first-order valence-corrected chi connectivity index (χ1v) is 10.5. The molecule has 0 aliphatic carbocycles.